The van der Waals surface area contributed by atoms with Crippen LogP contribution in [0.15, 0.2) is 81.3 Å². The van der Waals surface area contributed by atoms with Crippen LogP contribution in [0.25, 0.3) is 16.3 Å². The second kappa shape index (κ2) is 12.7. The maximum Gasteiger partial charge on any atom is 0.262 e. The molecule has 200 valence electrons. The number of nitrogens with zero attached hydrogens (tertiary/aromatic N) is 2. The van der Waals surface area contributed by atoms with Gasteiger partial charge in [-0.05, 0) is 87.1 Å². The van der Waals surface area contributed by atoms with Gasteiger partial charge in [-0.15, -0.1) is 0 Å². The van der Waals surface area contributed by atoms with E-state index in [2.05, 4.69) is 78.8 Å². The maximum atomic E-state index is 5.46. The van der Waals surface area contributed by atoms with Crippen LogP contribution in [0.5, 0.6) is 11.5 Å². The summed E-state index contributed by atoms with van der Waals surface area (Å²) in [5.41, 5.74) is 6.76. The van der Waals surface area contributed by atoms with E-state index in [9.17, 15) is 0 Å². The number of aryl methyl sites for hydroxylation is 1. The highest BCUT2D eigenvalue weighted by molar-refractivity contribution is 8.03. The van der Waals surface area contributed by atoms with Crippen molar-refractivity contribution in [3.63, 3.8) is 0 Å². The van der Waals surface area contributed by atoms with Crippen molar-refractivity contribution in [3.8, 4) is 11.5 Å². The van der Waals surface area contributed by atoms with Crippen molar-refractivity contribution in [2.45, 2.75) is 51.5 Å². The number of methoxy groups -OCH3 is 2. The molecule has 1 aliphatic carbocycles. The van der Waals surface area contributed by atoms with Crippen LogP contribution in [0, 0.1) is 0 Å². The second-order valence-electron chi connectivity index (χ2n) is 9.23. The summed E-state index contributed by atoms with van der Waals surface area (Å²) in [7, 11) is 3.45. The van der Waals surface area contributed by atoms with Crippen molar-refractivity contribution in [1.29, 1.82) is 0 Å². The van der Waals surface area contributed by atoms with E-state index in [4.69, 9.17) is 9.47 Å². The number of ether oxygens (including phenoxy) is 2. The minimum Gasteiger partial charge on any atom is -1.00 e. The monoisotopic (exact) mass is 658 g/mol. The number of halogens is 1. The van der Waals surface area contributed by atoms with Gasteiger partial charge in [-0.2, -0.15) is 4.57 Å². The Morgan fingerprint density at radius 1 is 0.974 bits per heavy atom. The first-order valence-electron chi connectivity index (χ1n) is 13.0. The first-order chi connectivity index (χ1) is 18.1. The third-order valence-electron chi connectivity index (χ3n) is 7.22. The molecule has 1 aromatic heterocycles. The topological polar surface area (TPSA) is 25.6 Å². The van der Waals surface area contributed by atoms with Gasteiger partial charge in [0, 0.05) is 23.6 Å². The second-order valence-corrected chi connectivity index (χ2v) is 11.4. The van der Waals surface area contributed by atoms with E-state index >= 15 is 0 Å². The summed E-state index contributed by atoms with van der Waals surface area (Å²) < 4.78 is 14.6. The molecule has 2 aliphatic rings. The zero-order chi connectivity index (χ0) is 25.9. The third-order valence-corrected chi connectivity index (χ3v) is 9.48. The van der Waals surface area contributed by atoms with E-state index in [-0.39, 0.29) is 24.0 Å². The summed E-state index contributed by atoms with van der Waals surface area (Å²) in [5, 5.41) is 2.55. The number of anilines is 1. The molecule has 0 N–H and O–H groups in total. The van der Waals surface area contributed by atoms with Crippen LogP contribution in [0.4, 0.5) is 5.69 Å². The summed E-state index contributed by atoms with van der Waals surface area (Å²) >= 11 is 3.68. The van der Waals surface area contributed by atoms with Gasteiger partial charge in [0.2, 0.25) is 5.52 Å². The van der Waals surface area contributed by atoms with E-state index in [1.165, 1.54) is 54.0 Å². The Balaban J connectivity index is 0.00000336. The zero-order valence-electron chi connectivity index (χ0n) is 22.7. The summed E-state index contributed by atoms with van der Waals surface area (Å²) in [5.74, 6) is 1.81. The van der Waals surface area contributed by atoms with Gasteiger partial charge in [0.25, 0.3) is 5.01 Å². The Hall–Kier alpha value is -2.23. The third kappa shape index (κ3) is 5.70. The largest absolute Gasteiger partial charge is 1.00 e. The lowest BCUT2D eigenvalue weighted by atomic mass is 9.88. The fourth-order valence-electron chi connectivity index (χ4n) is 5.13. The van der Waals surface area contributed by atoms with Gasteiger partial charge in [0.15, 0.2) is 0 Å². The molecule has 0 atom stereocenters. The number of fused-ring (bicyclic) bond motifs is 2. The Morgan fingerprint density at radius 3 is 2.47 bits per heavy atom. The molecule has 4 nitrogen and oxygen atoms in total. The predicted molar refractivity (Wildman–Crippen MR) is 158 cm³/mol. The van der Waals surface area contributed by atoms with Crippen LogP contribution in [-0.2, 0) is 6.54 Å². The van der Waals surface area contributed by atoms with E-state index in [0.717, 1.165) is 37.4 Å². The van der Waals surface area contributed by atoms with Crippen LogP contribution in [0.3, 0.4) is 0 Å². The molecular formula is C31H35IN2O2S2. The minimum atomic E-state index is 0. The van der Waals surface area contributed by atoms with E-state index < -0.39 is 0 Å². The highest BCUT2D eigenvalue weighted by atomic mass is 127. The highest BCUT2D eigenvalue weighted by Gasteiger charge is 2.24. The van der Waals surface area contributed by atoms with Crippen LogP contribution >= 0.6 is 23.1 Å². The number of benzene rings is 2. The average molecular weight is 659 g/mol. The van der Waals surface area contributed by atoms with Crippen LogP contribution in [0.2, 0.25) is 0 Å². The quantitative estimate of drug-likeness (QED) is 0.260. The van der Waals surface area contributed by atoms with Crippen molar-refractivity contribution in [3.05, 3.63) is 81.4 Å². The lowest BCUT2D eigenvalue weighted by molar-refractivity contribution is -0.665. The van der Waals surface area contributed by atoms with Gasteiger partial charge in [-0.3, -0.25) is 0 Å². The van der Waals surface area contributed by atoms with Gasteiger partial charge < -0.3 is 38.4 Å². The minimum absolute atomic E-state index is 0. The number of rotatable bonds is 7. The summed E-state index contributed by atoms with van der Waals surface area (Å²) in [6, 6.07) is 12.7. The molecule has 5 rings (SSSR count). The molecule has 0 radical (unpaired) electrons. The first kappa shape index (κ1) is 28.8. The molecule has 3 aromatic rings. The Labute approximate surface area is 251 Å². The normalized spacial score (nSPS) is 17.6. The molecule has 0 saturated carbocycles. The lowest BCUT2D eigenvalue weighted by Gasteiger charge is -2.20. The van der Waals surface area contributed by atoms with Crippen molar-refractivity contribution in [2.24, 2.45) is 0 Å². The lowest BCUT2D eigenvalue weighted by Crippen LogP contribution is -3.00. The predicted octanol–water partition coefficient (Wildman–Crippen LogP) is 5.14. The van der Waals surface area contributed by atoms with Gasteiger partial charge in [0.05, 0.1) is 31.0 Å². The Bertz CT molecular complexity index is 1450. The molecule has 7 heteroatoms. The van der Waals surface area contributed by atoms with Gasteiger partial charge >= 0.3 is 0 Å². The SMILES string of the molecule is CCN1/C(=C\C=C2/CCCC(/C=C/c3sc4ccc(OC)cc4[n+]3CC)=C2C)Sc2ccc(OC)cc21.[I-]. The molecule has 0 spiro atoms. The van der Waals surface area contributed by atoms with Crippen molar-refractivity contribution >= 4 is 45.1 Å². The standard InChI is InChI=1S/C31H35N2O2S2.HI/c1-6-32-26-19-24(34-4)13-15-28(26)36-30(32)17-11-22-9-8-10-23(21(22)3)12-18-31-33(7-2)27-20-25(35-5)14-16-29(27)37-31;/h11-20H,6-10H2,1-5H3;1H/q+1;/p-1. The van der Waals surface area contributed by atoms with Gasteiger partial charge in [-0.25, -0.2) is 0 Å². The van der Waals surface area contributed by atoms with Crippen molar-refractivity contribution in [2.75, 3.05) is 25.7 Å². The van der Waals surface area contributed by atoms with Gasteiger partial charge in [0.1, 0.15) is 22.7 Å². The molecule has 2 heterocycles. The summed E-state index contributed by atoms with van der Waals surface area (Å²) in [6.45, 7) is 8.56. The highest BCUT2D eigenvalue weighted by Crippen LogP contribution is 2.47. The van der Waals surface area contributed by atoms with E-state index in [1.807, 2.05) is 35.2 Å². The summed E-state index contributed by atoms with van der Waals surface area (Å²) in [4.78, 5) is 3.67. The number of hydrogen-bond donors (Lipinski definition) is 0. The molecule has 38 heavy (non-hydrogen) atoms. The molecule has 0 fully saturated rings. The van der Waals surface area contributed by atoms with Crippen LogP contribution in [-0.4, -0.2) is 20.8 Å². The van der Waals surface area contributed by atoms with E-state index in [1.54, 1.807) is 14.2 Å². The van der Waals surface area contributed by atoms with Gasteiger partial charge in [-0.1, -0.05) is 35.3 Å². The number of aromatic nitrogens is 1. The van der Waals surface area contributed by atoms with Crippen molar-refractivity contribution in [1.82, 2.24) is 0 Å². The Kier molecular flexibility index (Phi) is 9.65. The number of thiazole rings is 1. The molecule has 0 bridgehead atoms. The summed E-state index contributed by atoms with van der Waals surface area (Å²) in [6.07, 6.45) is 12.7. The fourth-order valence-corrected chi connectivity index (χ4v) is 7.34. The first-order valence-corrected chi connectivity index (χ1v) is 14.6. The molecular weight excluding hydrogens is 623 g/mol. The fraction of sp³-hybridized carbons (Fsp3) is 0.323. The average Bonchev–Trinajstić information content (AvgIpc) is 3.47. The number of allylic oxidation sites excluding steroid dienone is 6. The van der Waals surface area contributed by atoms with Crippen LogP contribution < -0.4 is 42.9 Å². The number of thioether (sulfide) groups is 1. The molecule has 0 unspecified atom stereocenters. The molecule has 0 amide bonds. The molecule has 2 aromatic carbocycles. The number of hydrogen-bond acceptors (Lipinski definition) is 5. The molecule has 1 aliphatic heterocycles. The molecule has 0 saturated heterocycles. The van der Waals surface area contributed by atoms with Crippen LogP contribution in [0.1, 0.15) is 45.0 Å². The smallest absolute Gasteiger partial charge is 0.262 e. The van der Waals surface area contributed by atoms with E-state index in [0.29, 0.717) is 0 Å². The zero-order valence-corrected chi connectivity index (χ0v) is 26.5. The maximum absolute atomic E-state index is 5.46. The van der Waals surface area contributed by atoms with Crippen molar-refractivity contribution < 1.29 is 38.0 Å². The Morgan fingerprint density at radius 2 is 1.74 bits per heavy atom.